The molecule has 0 spiro atoms. The summed E-state index contributed by atoms with van der Waals surface area (Å²) in [6.07, 6.45) is 3.31. The Morgan fingerprint density at radius 3 is 2.27 bits per heavy atom. The van der Waals surface area contributed by atoms with Crippen molar-refractivity contribution in [3.63, 3.8) is 0 Å². The Balaban J connectivity index is 1.59. The van der Waals surface area contributed by atoms with Gasteiger partial charge < -0.3 is 20.6 Å². The number of hydrogen-bond acceptors (Lipinski definition) is 7. The molecule has 2 aliphatic rings. The maximum Gasteiger partial charge on any atom is 0.337 e. The number of fused-ring (bicyclic) bond motifs is 1. The van der Waals surface area contributed by atoms with Crippen LogP contribution in [0.25, 0.3) is 0 Å². The minimum atomic E-state index is -4.29. The number of ketones is 1. The predicted molar refractivity (Wildman–Crippen MR) is 151 cm³/mol. The van der Waals surface area contributed by atoms with Gasteiger partial charge in [-0.25, -0.2) is 17.9 Å². The SMILES string of the molecule is C[C@@H]1[C@H](NC(=O)CNS(=O)(=O)c2ccccc2C(=O)O)C[C@H]2C(C)(C)CCC[C@]2(C)[C@H]1C(=O)c1cc(O)cc(O)c1. The van der Waals surface area contributed by atoms with Gasteiger partial charge in [-0.3, -0.25) is 9.59 Å². The zero-order valence-electron chi connectivity index (χ0n) is 23.7. The van der Waals surface area contributed by atoms with Crippen LogP contribution in [0.1, 0.15) is 74.1 Å². The van der Waals surface area contributed by atoms with Crippen molar-refractivity contribution in [1.29, 1.82) is 0 Å². The highest BCUT2D eigenvalue weighted by Crippen LogP contribution is 2.61. The number of aromatic carboxylic acids is 1. The Kier molecular flexibility index (Phi) is 8.26. The molecule has 222 valence electrons. The maximum absolute atomic E-state index is 14.0. The van der Waals surface area contributed by atoms with Gasteiger partial charge in [-0.05, 0) is 66.2 Å². The van der Waals surface area contributed by atoms with Crippen molar-refractivity contribution in [2.24, 2.45) is 28.6 Å². The zero-order chi connectivity index (χ0) is 30.3. The highest BCUT2D eigenvalue weighted by molar-refractivity contribution is 7.89. The standard InChI is InChI=1S/C30H38N2O8S/c1-17-22(32-25(35)16-31-41(39,40)23-9-6-5-8-21(23)28(37)38)15-24-29(2,3)10-7-11-30(24,4)26(17)27(36)18-12-19(33)14-20(34)13-18/h5-6,8-9,12-14,17,22,24,26,31,33-34H,7,10-11,15-16H2,1-4H3,(H,32,35)(H,37,38)/t17-,22-,24+,26-,30+/m1/s1. The summed E-state index contributed by atoms with van der Waals surface area (Å²) in [4.78, 5) is 38.2. The van der Waals surface area contributed by atoms with Crippen LogP contribution < -0.4 is 10.0 Å². The zero-order valence-corrected chi connectivity index (χ0v) is 24.5. The van der Waals surface area contributed by atoms with Crippen LogP contribution in [0.2, 0.25) is 0 Å². The van der Waals surface area contributed by atoms with Crippen LogP contribution >= 0.6 is 0 Å². The number of Topliss-reactive ketones (excluding diaryl/α,β-unsaturated/α-hetero) is 1. The Hall–Kier alpha value is -3.44. The second-order valence-corrected chi connectivity index (χ2v) is 14.1. The van der Waals surface area contributed by atoms with Crippen molar-refractivity contribution in [3.8, 4) is 11.5 Å². The molecule has 41 heavy (non-hydrogen) atoms. The van der Waals surface area contributed by atoms with Crippen LogP contribution in [0.5, 0.6) is 11.5 Å². The highest BCUT2D eigenvalue weighted by atomic mass is 32.2. The fraction of sp³-hybridized carbons (Fsp3) is 0.500. The minimum absolute atomic E-state index is 0.0595. The molecule has 0 aliphatic heterocycles. The summed E-state index contributed by atoms with van der Waals surface area (Å²) < 4.78 is 27.9. The van der Waals surface area contributed by atoms with E-state index in [1.165, 1.54) is 30.3 Å². The molecule has 2 aliphatic carbocycles. The molecule has 0 unspecified atom stereocenters. The number of rotatable bonds is 8. The van der Waals surface area contributed by atoms with E-state index in [-0.39, 0.29) is 40.1 Å². The molecule has 5 atom stereocenters. The van der Waals surface area contributed by atoms with E-state index in [0.717, 1.165) is 31.4 Å². The molecule has 11 heteroatoms. The maximum atomic E-state index is 14.0. The summed E-state index contributed by atoms with van der Waals surface area (Å²) in [5, 5.41) is 32.4. The first kappa shape index (κ1) is 30.5. The van der Waals surface area contributed by atoms with Gasteiger partial charge in [0.1, 0.15) is 11.5 Å². The lowest BCUT2D eigenvalue weighted by Crippen LogP contribution is -2.61. The van der Waals surface area contributed by atoms with Crippen LogP contribution in [0, 0.1) is 28.6 Å². The lowest BCUT2D eigenvalue weighted by molar-refractivity contribution is -0.126. The number of hydrogen-bond donors (Lipinski definition) is 5. The molecule has 0 bridgehead atoms. The van der Waals surface area contributed by atoms with Gasteiger partial charge in [0.05, 0.1) is 17.0 Å². The molecule has 0 radical (unpaired) electrons. The van der Waals surface area contributed by atoms with Gasteiger partial charge in [-0.15, -0.1) is 0 Å². The van der Waals surface area contributed by atoms with Crippen LogP contribution in [0.4, 0.5) is 0 Å². The fourth-order valence-corrected chi connectivity index (χ4v) is 8.63. The third kappa shape index (κ3) is 5.97. The smallest absolute Gasteiger partial charge is 0.337 e. The van der Waals surface area contributed by atoms with Crippen molar-refractivity contribution in [2.75, 3.05) is 6.54 Å². The fourth-order valence-electron chi connectivity index (χ4n) is 7.45. The molecule has 1 amide bonds. The molecular weight excluding hydrogens is 548 g/mol. The molecule has 2 aromatic carbocycles. The van der Waals surface area contributed by atoms with E-state index < -0.39 is 56.3 Å². The minimum Gasteiger partial charge on any atom is -0.508 e. The molecular formula is C30H38N2O8S. The summed E-state index contributed by atoms with van der Waals surface area (Å²) in [5.74, 6) is -3.48. The Morgan fingerprint density at radius 1 is 1.00 bits per heavy atom. The number of carbonyl (C=O) groups is 3. The first-order chi connectivity index (χ1) is 19.1. The third-order valence-electron chi connectivity index (χ3n) is 9.28. The molecule has 2 saturated carbocycles. The Bertz CT molecular complexity index is 1450. The van der Waals surface area contributed by atoms with E-state index in [9.17, 15) is 38.1 Å². The van der Waals surface area contributed by atoms with Crippen molar-refractivity contribution in [1.82, 2.24) is 10.0 Å². The van der Waals surface area contributed by atoms with Gasteiger partial charge in [0.15, 0.2) is 5.78 Å². The molecule has 5 N–H and O–H groups in total. The number of phenolic OH excluding ortho intramolecular Hbond substituents is 2. The summed E-state index contributed by atoms with van der Waals surface area (Å²) in [5.41, 5.74) is -0.737. The number of carboxylic acid groups (broad SMARTS) is 1. The van der Waals surface area contributed by atoms with E-state index >= 15 is 0 Å². The van der Waals surface area contributed by atoms with Crippen LogP contribution in [-0.2, 0) is 14.8 Å². The van der Waals surface area contributed by atoms with Gasteiger partial charge in [-0.2, -0.15) is 0 Å². The van der Waals surface area contributed by atoms with E-state index in [1.54, 1.807) is 0 Å². The van der Waals surface area contributed by atoms with Gasteiger partial charge in [0.25, 0.3) is 0 Å². The quantitative estimate of drug-likeness (QED) is 0.290. The molecule has 2 fully saturated rings. The molecule has 0 saturated heterocycles. The summed E-state index contributed by atoms with van der Waals surface area (Å²) in [6, 6.07) is 8.54. The lowest BCUT2D eigenvalue weighted by atomic mass is 9.45. The highest BCUT2D eigenvalue weighted by Gasteiger charge is 2.58. The van der Waals surface area contributed by atoms with Crippen molar-refractivity contribution < 1.29 is 38.1 Å². The second-order valence-electron chi connectivity index (χ2n) is 12.4. The average molecular weight is 587 g/mol. The number of benzene rings is 2. The van der Waals surface area contributed by atoms with Gasteiger partial charge in [0.2, 0.25) is 15.9 Å². The molecule has 4 rings (SSSR count). The second kappa shape index (κ2) is 11.1. The number of amides is 1. The molecule has 10 nitrogen and oxygen atoms in total. The van der Waals surface area contributed by atoms with Crippen LogP contribution in [-0.4, -0.2) is 54.0 Å². The average Bonchev–Trinajstić information content (AvgIpc) is 2.87. The van der Waals surface area contributed by atoms with E-state index in [2.05, 4.69) is 30.8 Å². The van der Waals surface area contributed by atoms with Crippen LogP contribution in [0.15, 0.2) is 47.4 Å². The predicted octanol–water partition coefficient (Wildman–Crippen LogP) is 3.93. The van der Waals surface area contributed by atoms with E-state index in [4.69, 9.17) is 0 Å². The lowest BCUT2D eigenvalue weighted by Gasteiger charge is -2.60. The number of carbonyl (C=O) groups excluding carboxylic acids is 2. The van der Waals surface area contributed by atoms with E-state index in [1.807, 2.05) is 6.92 Å². The van der Waals surface area contributed by atoms with E-state index in [0.29, 0.717) is 6.42 Å². The van der Waals surface area contributed by atoms with Gasteiger partial charge in [-0.1, -0.05) is 46.2 Å². The monoisotopic (exact) mass is 586 g/mol. The molecule has 0 aromatic heterocycles. The number of nitrogens with one attached hydrogen (secondary N) is 2. The summed E-state index contributed by atoms with van der Waals surface area (Å²) >= 11 is 0. The number of carboxylic acids is 1. The number of phenols is 2. The topological polar surface area (TPSA) is 170 Å². The Morgan fingerprint density at radius 2 is 1.63 bits per heavy atom. The molecule has 2 aromatic rings. The van der Waals surface area contributed by atoms with Crippen molar-refractivity contribution >= 4 is 27.7 Å². The summed E-state index contributed by atoms with van der Waals surface area (Å²) in [7, 11) is -4.29. The van der Waals surface area contributed by atoms with Gasteiger partial charge >= 0.3 is 5.97 Å². The van der Waals surface area contributed by atoms with Crippen molar-refractivity contribution in [3.05, 3.63) is 53.6 Å². The van der Waals surface area contributed by atoms with Gasteiger partial charge in [0, 0.05) is 23.6 Å². The first-order valence-corrected chi connectivity index (χ1v) is 15.2. The number of aromatic hydroxyl groups is 2. The number of sulfonamides is 1. The van der Waals surface area contributed by atoms with Crippen molar-refractivity contribution in [2.45, 2.75) is 64.3 Å². The summed E-state index contributed by atoms with van der Waals surface area (Å²) in [6.45, 7) is 7.74. The Labute approximate surface area is 240 Å². The first-order valence-electron chi connectivity index (χ1n) is 13.8. The normalized spacial score (nSPS) is 27.4. The van der Waals surface area contributed by atoms with Crippen LogP contribution in [0.3, 0.4) is 0 Å². The largest absolute Gasteiger partial charge is 0.508 e. The molecule has 0 heterocycles. The third-order valence-corrected chi connectivity index (χ3v) is 10.7.